The molecule has 0 spiro atoms. The zero-order valence-corrected chi connectivity index (χ0v) is 27.0. The highest BCUT2D eigenvalue weighted by Gasteiger charge is 2.21. The third kappa shape index (κ3) is 8.53. The van der Waals surface area contributed by atoms with E-state index in [2.05, 4.69) is 71.2 Å². The molecule has 45 heavy (non-hydrogen) atoms. The molecule has 1 aliphatic carbocycles. The molecule has 0 unspecified atom stereocenters. The van der Waals surface area contributed by atoms with Crippen LogP contribution in [-0.4, -0.2) is 40.3 Å². The number of nitrogens with zero attached hydrogens (tertiary/aromatic N) is 2. The topological polar surface area (TPSA) is 160 Å². The maximum absolute atomic E-state index is 13.4. The van der Waals surface area contributed by atoms with Gasteiger partial charge in [0.2, 0.25) is 11.8 Å². The number of ether oxygens (including phenoxy) is 2. The van der Waals surface area contributed by atoms with E-state index in [0.717, 1.165) is 46.2 Å². The smallest absolute Gasteiger partial charge is 0.323 e. The van der Waals surface area contributed by atoms with Crippen LogP contribution < -0.4 is 25.4 Å². The molecule has 10 nitrogen and oxygen atoms in total. The molecule has 1 aromatic heterocycles. The lowest BCUT2D eigenvalue weighted by Crippen LogP contribution is -2.21. The molecule has 3 aromatic carbocycles. The number of urea groups is 1. The van der Waals surface area contributed by atoms with Gasteiger partial charge in [0.25, 0.3) is 0 Å². The molecule has 0 bridgehead atoms. The maximum Gasteiger partial charge on any atom is 0.323 e. The molecular formula is C34H47N5O5S. The van der Waals surface area contributed by atoms with Crippen molar-refractivity contribution >= 4 is 45.9 Å². The minimum absolute atomic E-state index is 0. The van der Waals surface area contributed by atoms with Gasteiger partial charge in [-0.3, -0.25) is 0 Å². The number of allylic oxidation sites excluding steroid dienone is 3. The number of thioether (sulfide) groups is 1. The van der Waals surface area contributed by atoms with Gasteiger partial charge in [-0.2, -0.15) is 16.7 Å². The summed E-state index contributed by atoms with van der Waals surface area (Å²) in [4.78, 5) is 22.2. The predicted octanol–water partition coefficient (Wildman–Crippen LogP) is 7.97. The van der Waals surface area contributed by atoms with Gasteiger partial charge in [0, 0.05) is 44.3 Å². The Morgan fingerprint density at radius 1 is 1.00 bits per heavy atom. The van der Waals surface area contributed by atoms with Crippen molar-refractivity contribution in [1.29, 1.82) is 0 Å². The Morgan fingerprint density at radius 2 is 1.76 bits per heavy atom. The summed E-state index contributed by atoms with van der Waals surface area (Å²) < 4.78 is 12.0. The van der Waals surface area contributed by atoms with Gasteiger partial charge in [-0.25, -0.2) is 9.78 Å². The summed E-state index contributed by atoms with van der Waals surface area (Å²) in [5.41, 5.74) is 4.31. The number of nitrogens with one attached hydrogen (secondary N) is 3. The Bertz CT molecular complexity index is 1720. The van der Waals surface area contributed by atoms with Gasteiger partial charge in [-0.1, -0.05) is 63.3 Å². The monoisotopic (exact) mass is 637 g/mol. The van der Waals surface area contributed by atoms with Gasteiger partial charge < -0.3 is 36.4 Å². The Balaban J connectivity index is 0.00000442. The van der Waals surface area contributed by atoms with Crippen molar-refractivity contribution < 1.29 is 29.5 Å². The summed E-state index contributed by atoms with van der Waals surface area (Å²) >= 11 is 1.71. The molecule has 0 aliphatic heterocycles. The highest BCUT2D eigenvalue weighted by atomic mass is 32.2. The first kappa shape index (κ1) is 34.9. The Hall–Kier alpha value is -4.58. The predicted molar refractivity (Wildman–Crippen MR) is 191 cm³/mol. The number of hydrogen-bond donors (Lipinski definition) is 3. The quantitative estimate of drug-likeness (QED) is 0.168. The third-order valence-corrected chi connectivity index (χ3v) is 7.61. The highest BCUT2D eigenvalue weighted by Crippen LogP contribution is 2.38. The number of methoxy groups -OCH3 is 1. The summed E-state index contributed by atoms with van der Waals surface area (Å²) in [5, 5.41) is 11.0. The van der Waals surface area contributed by atoms with E-state index in [1.54, 1.807) is 31.1 Å². The van der Waals surface area contributed by atoms with Crippen molar-refractivity contribution in [2.24, 2.45) is 0 Å². The number of carbonyl (C=O) groups excluding carboxylic acids is 1. The number of aromatic nitrogens is 2. The summed E-state index contributed by atoms with van der Waals surface area (Å²) in [6, 6.07) is 16.9. The molecule has 0 fully saturated rings. The molecular weight excluding hydrogens is 590 g/mol. The molecule has 5 rings (SSSR count). The third-order valence-electron chi connectivity index (χ3n) is 7.01. The molecule has 0 radical (unpaired) electrons. The van der Waals surface area contributed by atoms with E-state index in [-0.39, 0.29) is 26.7 Å². The zero-order valence-electron chi connectivity index (χ0n) is 26.2. The number of fused-ring (bicyclic) bond motifs is 1. The SMILES string of the molecule is COc1c(CSC)cc(C(C)(C)C)cc1NC(=O)Nc1ccc(Oc2ccnc(NC3=CCCC=C3)n2)c2ccccc12.O.O.[HH].[HH].[HH]. The van der Waals surface area contributed by atoms with Crippen LogP contribution in [0.2, 0.25) is 0 Å². The molecule has 1 aliphatic rings. The van der Waals surface area contributed by atoms with Crippen molar-refractivity contribution in [2.45, 2.75) is 44.8 Å². The number of hydrogen-bond acceptors (Lipinski definition) is 7. The Kier molecular flexibility index (Phi) is 12.0. The van der Waals surface area contributed by atoms with E-state index in [4.69, 9.17) is 9.47 Å². The normalized spacial score (nSPS) is 12.3. The number of benzene rings is 3. The molecule has 2 amide bonds. The van der Waals surface area contributed by atoms with Crippen molar-refractivity contribution in [3.8, 4) is 17.4 Å². The van der Waals surface area contributed by atoms with Crippen LogP contribution in [0, 0.1) is 0 Å². The highest BCUT2D eigenvalue weighted by molar-refractivity contribution is 7.97. The Labute approximate surface area is 272 Å². The van der Waals surface area contributed by atoms with Gasteiger partial charge in [0.05, 0.1) is 18.5 Å². The molecule has 11 heteroatoms. The molecule has 0 saturated carbocycles. The van der Waals surface area contributed by atoms with Crippen LogP contribution in [-0.2, 0) is 11.2 Å². The summed E-state index contributed by atoms with van der Waals surface area (Å²) in [6.07, 6.45) is 12.0. The van der Waals surface area contributed by atoms with Gasteiger partial charge in [0.15, 0.2) is 0 Å². The summed E-state index contributed by atoms with van der Waals surface area (Å²) in [6.45, 7) is 6.46. The summed E-state index contributed by atoms with van der Waals surface area (Å²) in [5.74, 6) is 2.92. The molecule has 244 valence electrons. The van der Waals surface area contributed by atoms with E-state index in [9.17, 15) is 4.79 Å². The molecule has 1 heterocycles. The lowest BCUT2D eigenvalue weighted by Gasteiger charge is -2.24. The maximum atomic E-state index is 13.4. The first-order valence-electron chi connectivity index (χ1n) is 14.2. The van der Waals surface area contributed by atoms with Crippen molar-refractivity contribution in [2.75, 3.05) is 29.3 Å². The summed E-state index contributed by atoms with van der Waals surface area (Å²) in [7, 11) is 1.63. The molecule has 0 saturated heterocycles. The van der Waals surface area contributed by atoms with Gasteiger partial charge >= 0.3 is 6.03 Å². The van der Waals surface area contributed by atoms with Crippen LogP contribution in [0.15, 0.2) is 84.7 Å². The van der Waals surface area contributed by atoms with E-state index < -0.39 is 0 Å². The van der Waals surface area contributed by atoms with Crippen LogP contribution in [0.25, 0.3) is 10.8 Å². The zero-order chi connectivity index (χ0) is 30.4. The average molecular weight is 638 g/mol. The van der Waals surface area contributed by atoms with Crippen LogP contribution in [0.4, 0.5) is 22.1 Å². The molecule has 7 N–H and O–H groups in total. The number of anilines is 3. The van der Waals surface area contributed by atoms with E-state index >= 15 is 0 Å². The second-order valence-corrected chi connectivity index (χ2v) is 12.1. The van der Waals surface area contributed by atoms with E-state index in [0.29, 0.717) is 34.7 Å². The number of carbonyl (C=O) groups is 1. The average Bonchev–Trinajstić information content (AvgIpc) is 2.99. The van der Waals surface area contributed by atoms with Crippen LogP contribution in [0.1, 0.15) is 49.0 Å². The lowest BCUT2D eigenvalue weighted by atomic mass is 9.85. The fourth-order valence-electron chi connectivity index (χ4n) is 4.87. The lowest BCUT2D eigenvalue weighted by molar-refractivity contribution is 0.262. The van der Waals surface area contributed by atoms with Crippen LogP contribution in [0.3, 0.4) is 0 Å². The van der Waals surface area contributed by atoms with Crippen LogP contribution in [0.5, 0.6) is 17.4 Å². The molecule has 4 aromatic rings. The van der Waals surface area contributed by atoms with Crippen molar-refractivity contribution in [1.82, 2.24) is 9.97 Å². The Morgan fingerprint density at radius 3 is 2.44 bits per heavy atom. The first-order valence-corrected chi connectivity index (χ1v) is 15.6. The molecule has 0 atom stereocenters. The second kappa shape index (κ2) is 15.4. The van der Waals surface area contributed by atoms with Gasteiger partial charge in [0.1, 0.15) is 11.5 Å². The minimum atomic E-state index is -0.365. The largest absolute Gasteiger partial charge is 0.494 e. The van der Waals surface area contributed by atoms with Crippen molar-refractivity contribution in [3.05, 3.63) is 95.8 Å². The fraction of sp³-hybridized carbons (Fsp3) is 0.265. The second-order valence-electron chi connectivity index (χ2n) is 11.2. The standard InChI is InChI=1S/C34H37N5O3S.2H2O.3H2/c1-34(2,3)23-19-22(21-43-5)31(41-4)28(20-23)38-33(40)37-27-15-16-29(26-14-10-9-13-25(26)27)42-30-17-18-35-32(39-30)36-24-11-7-6-8-12-24;;;;;/h7,9-20H,6,8,21H2,1-5H3,(H,35,36,39)(H2,37,38,40);2*1H2;3*1H. The fourth-order valence-corrected chi connectivity index (χ4v) is 5.40. The van der Waals surface area contributed by atoms with Gasteiger partial charge in [-0.05, 0) is 54.4 Å². The van der Waals surface area contributed by atoms with Crippen molar-refractivity contribution in [3.63, 3.8) is 0 Å². The van der Waals surface area contributed by atoms with Crippen LogP contribution >= 0.6 is 11.8 Å². The van der Waals surface area contributed by atoms with E-state index in [1.165, 1.54) is 0 Å². The minimum Gasteiger partial charge on any atom is -0.494 e. The van der Waals surface area contributed by atoms with Gasteiger partial charge in [-0.15, -0.1) is 0 Å². The number of rotatable bonds is 9. The van der Waals surface area contributed by atoms with E-state index in [1.807, 2.05) is 48.5 Å². The first-order chi connectivity index (χ1) is 20.7. The number of amides is 2.